The number of carbonyl (C=O) groups is 1. The molecule has 2 atom stereocenters. The lowest BCUT2D eigenvalue weighted by molar-refractivity contribution is -0.116. The first-order chi connectivity index (χ1) is 14.6. The molecule has 1 aromatic carbocycles. The highest BCUT2D eigenvalue weighted by Gasteiger charge is 2.41. The molecule has 1 N–H and O–H groups in total. The third kappa shape index (κ3) is 2.92. The maximum Gasteiger partial charge on any atom is 0.233 e. The van der Waals surface area contributed by atoms with Gasteiger partial charge in [0.25, 0.3) is 0 Å². The Hall–Kier alpha value is -3.06. The molecule has 2 aliphatic rings. The molecule has 3 aromatic rings. The molecule has 0 fully saturated rings. The predicted octanol–water partition coefficient (Wildman–Crippen LogP) is 5.02. The molecule has 30 heavy (non-hydrogen) atoms. The molecule has 0 radical (unpaired) electrons. The Morgan fingerprint density at radius 2 is 2.00 bits per heavy atom. The zero-order chi connectivity index (χ0) is 20.8. The Kier molecular flexibility index (Phi) is 4.62. The second-order valence-corrected chi connectivity index (χ2v) is 8.60. The molecule has 5 rings (SSSR count). The molecule has 154 valence electrons. The first-order valence-electron chi connectivity index (χ1n) is 9.85. The van der Waals surface area contributed by atoms with Crippen LogP contribution in [-0.4, -0.2) is 25.2 Å². The number of benzene rings is 1. The van der Waals surface area contributed by atoms with Gasteiger partial charge in [0.1, 0.15) is 0 Å². The number of aromatic nitrogens is 1. The zero-order valence-corrected chi connectivity index (χ0v) is 17.8. The van der Waals surface area contributed by atoms with Crippen LogP contribution in [0.1, 0.15) is 46.4 Å². The molecular formula is C23H22N2O4S. The monoisotopic (exact) mass is 422 g/mol. The molecular weight excluding hydrogens is 400 g/mol. The molecule has 2 aromatic heterocycles. The maximum atomic E-state index is 13.4. The number of anilines is 1. The van der Waals surface area contributed by atoms with Crippen LogP contribution in [0.5, 0.6) is 11.5 Å². The van der Waals surface area contributed by atoms with Crippen molar-refractivity contribution in [3.63, 3.8) is 0 Å². The molecule has 0 amide bonds. The first-order valence-corrected chi connectivity index (χ1v) is 10.7. The van der Waals surface area contributed by atoms with Crippen LogP contribution in [0.15, 0.2) is 51.5 Å². The van der Waals surface area contributed by atoms with Crippen LogP contribution in [0, 0.1) is 6.92 Å². The van der Waals surface area contributed by atoms with Gasteiger partial charge in [-0.05, 0) is 48.4 Å². The van der Waals surface area contributed by atoms with Crippen molar-refractivity contribution in [2.75, 3.05) is 19.5 Å². The van der Waals surface area contributed by atoms with E-state index in [1.54, 1.807) is 25.6 Å². The summed E-state index contributed by atoms with van der Waals surface area (Å²) in [6.45, 7) is 1.93. The zero-order valence-electron chi connectivity index (χ0n) is 17.0. The van der Waals surface area contributed by atoms with E-state index in [4.69, 9.17) is 14.0 Å². The summed E-state index contributed by atoms with van der Waals surface area (Å²) in [4.78, 5) is 14.6. The SMILES string of the molecule is COc1ccc([C@H]2CC(=O)C3=C(C2)Nc2onc(C)c2[C@H]3c2cccs2)cc1OC. The summed E-state index contributed by atoms with van der Waals surface area (Å²) < 4.78 is 16.4. The number of nitrogens with one attached hydrogen (secondary N) is 1. The van der Waals surface area contributed by atoms with Crippen LogP contribution in [0.4, 0.5) is 5.88 Å². The van der Waals surface area contributed by atoms with Gasteiger partial charge < -0.3 is 19.3 Å². The number of nitrogens with zero attached hydrogens (tertiary/aromatic N) is 1. The number of thiophene rings is 1. The van der Waals surface area contributed by atoms with Gasteiger partial charge in [0.05, 0.1) is 31.4 Å². The van der Waals surface area contributed by atoms with E-state index in [1.165, 1.54) is 0 Å². The molecule has 6 nitrogen and oxygen atoms in total. The lowest BCUT2D eigenvalue weighted by Crippen LogP contribution is -2.29. The van der Waals surface area contributed by atoms with Crippen molar-refractivity contribution in [3.8, 4) is 11.5 Å². The van der Waals surface area contributed by atoms with Crippen LogP contribution in [0.3, 0.4) is 0 Å². The number of allylic oxidation sites excluding steroid dienone is 2. The lowest BCUT2D eigenvalue weighted by atomic mass is 9.74. The Morgan fingerprint density at radius 3 is 2.73 bits per heavy atom. The van der Waals surface area contributed by atoms with Crippen molar-refractivity contribution in [1.29, 1.82) is 0 Å². The fraction of sp³-hybridized carbons (Fsp3) is 0.304. The molecule has 3 heterocycles. The minimum absolute atomic E-state index is 0.0538. The Bertz CT molecular complexity index is 1150. The van der Waals surface area contributed by atoms with Crippen molar-refractivity contribution >= 4 is 23.0 Å². The number of hydrogen-bond acceptors (Lipinski definition) is 7. The van der Waals surface area contributed by atoms with E-state index >= 15 is 0 Å². The minimum Gasteiger partial charge on any atom is -0.493 e. The molecule has 7 heteroatoms. The third-order valence-electron chi connectivity index (χ3n) is 5.96. The number of ether oxygens (including phenoxy) is 2. The molecule has 0 saturated heterocycles. The lowest BCUT2D eigenvalue weighted by Gasteiger charge is -2.34. The molecule has 1 aliphatic carbocycles. The summed E-state index contributed by atoms with van der Waals surface area (Å²) >= 11 is 1.66. The standard InChI is InChI=1S/C23H22N2O4S/c1-12-20-22(19-5-4-8-30-19)21-15(24-23(20)29-25-12)9-14(10-16(21)26)13-6-7-17(27-2)18(11-13)28-3/h4-8,11,14,22,24H,9-10H2,1-3H3/t14-,22-/m1/s1. The van der Waals surface area contributed by atoms with E-state index in [0.29, 0.717) is 23.8 Å². The van der Waals surface area contributed by atoms with E-state index in [2.05, 4.69) is 16.5 Å². The van der Waals surface area contributed by atoms with Crippen LogP contribution in [-0.2, 0) is 4.79 Å². The highest BCUT2D eigenvalue weighted by molar-refractivity contribution is 7.10. The predicted molar refractivity (Wildman–Crippen MR) is 115 cm³/mol. The van der Waals surface area contributed by atoms with Crippen molar-refractivity contribution in [2.45, 2.75) is 31.6 Å². The number of Topliss-reactive ketones (excluding diaryl/α,β-unsaturated/α-hetero) is 1. The number of ketones is 1. The van der Waals surface area contributed by atoms with Crippen LogP contribution in [0.2, 0.25) is 0 Å². The Labute approximate surface area is 178 Å². The second kappa shape index (κ2) is 7.32. The third-order valence-corrected chi connectivity index (χ3v) is 6.90. The van der Waals surface area contributed by atoms with Crippen molar-refractivity contribution in [2.24, 2.45) is 0 Å². The van der Waals surface area contributed by atoms with Gasteiger partial charge in [-0.2, -0.15) is 0 Å². The summed E-state index contributed by atoms with van der Waals surface area (Å²) in [7, 11) is 3.24. The minimum atomic E-state index is -0.124. The van der Waals surface area contributed by atoms with E-state index in [9.17, 15) is 4.79 Å². The summed E-state index contributed by atoms with van der Waals surface area (Å²) in [5.41, 5.74) is 4.61. The molecule has 0 bridgehead atoms. The van der Waals surface area contributed by atoms with Crippen LogP contribution >= 0.6 is 11.3 Å². The average molecular weight is 423 g/mol. The van der Waals surface area contributed by atoms with Gasteiger partial charge in [-0.15, -0.1) is 11.3 Å². The van der Waals surface area contributed by atoms with Crippen molar-refractivity contribution in [3.05, 3.63) is 68.7 Å². The number of hydrogen-bond donors (Lipinski definition) is 1. The van der Waals surface area contributed by atoms with Gasteiger partial charge >= 0.3 is 0 Å². The quantitative estimate of drug-likeness (QED) is 0.636. The highest BCUT2D eigenvalue weighted by atomic mass is 32.1. The normalized spacial score (nSPS) is 20.4. The van der Waals surface area contributed by atoms with Gasteiger partial charge in [-0.25, -0.2) is 0 Å². The summed E-state index contributed by atoms with van der Waals surface area (Å²) in [5, 5.41) is 9.57. The van der Waals surface area contributed by atoms with Gasteiger partial charge in [-0.1, -0.05) is 17.3 Å². The highest BCUT2D eigenvalue weighted by Crippen LogP contribution is 2.50. The second-order valence-electron chi connectivity index (χ2n) is 7.62. The summed E-state index contributed by atoms with van der Waals surface area (Å²) in [5.74, 6) is 2.08. The Balaban J connectivity index is 1.56. The number of rotatable bonds is 4. The van der Waals surface area contributed by atoms with E-state index in [0.717, 1.165) is 39.4 Å². The average Bonchev–Trinajstić information content (AvgIpc) is 3.42. The van der Waals surface area contributed by atoms with Crippen molar-refractivity contribution < 1.29 is 18.8 Å². The van der Waals surface area contributed by atoms with E-state index < -0.39 is 0 Å². The molecule has 1 aliphatic heterocycles. The van der Waals surface area contributed by atoms with Gasteiger partial charge in [0.2, 0.25) is 5.88 Å². The topological polar surface area (TPSA) is 73.6 Å². The number of fused-ring (bicyclic) bond motifs is 1. The molecule has 0 unspecified atom stereocenters. The summed E-state index contributed by atoms with van der Waals surface area (Å²) in [6.07, 6.45) is 1.18. The number of methoxy groups -OCH3 is 2. The van der Waals surface area contributed by atoms with E-state index in [1.807, 2.05) is 36.6 Å². The number of carbonyl (C=O) groups excluding carboxylic acids is 1. The molecule has 0 saturated carbocycles. The fourth-order valence-electron chi connectivity index (χ4n) is 4.55. The first kappa shape index (κ1) is 18.9. The van der Waals surface area contributed by atoms with Crippen molar-refractivity contribution in [1.82, 2.24) is 5.16 Å². The molecule has 0 spiro atoms. The maximum absolute atomic E-state index is 13.4. The van der Waals surface area contributed by atoms with Gasteiger partial charge in [-0.3, -0.25) is 4.79 Å². The Morgan fingerprint density at radius 1 is 1.17 bits per heavy atom. The van der Waals surface area contributed by atoms with Gasteiger partial charge in [0, 0.05) is 22.6 Å². The number of aryl methyl sites for hydroxylation is 1. The van der Waals surface area contributed by atoms with Gasteiger partial charge in [0.15, 0.2) is 17.3 Å². The van der Waals surface area contributed by atoms with Crippen LogP contribution in [0.25, 0.3) is 0 Å². The smallest absolute Gasteiger partial charge is 0.233 e. The fourth-order valence-corrected chi connectivity index (χ4v) is 5.40. The van der Waals surface area contributed by atoms with Crippen LogP contribution < -0.4 is 14.8 Å². The summed E-state index contributed by atoms with van der Waals surface area (Å²) in [6, 6.07) is 9.96. The largest absolute Gasteiger partial charge is 0.493 e. The van der Waals surface area contributed by atoms with E-state index in [-0.39, 0.29) is 17.6 Å².